The van der Waals surface area contributed by atoms with Crippen LogP contribution in [-0.2, 0) is 4.74 Å². The molecule has 2 rings (SSSR count). The smallest absolute Gasteiger partial charge is 0.338 e. The van der Waals surface area contributed by atoms with Crippen molar-refractivity contribution < 1.29 is 13.9 Å². The fourth-order valence-corrected chi connectivity index (χ4v) is 3.88. The molecule has 150 valence electrons. The third kappa shape index (κ3) is 6.34. The molecule has 4 heteroatoms. The zero-order chi connectivity index (χ0) is 20.4. The van der Waals surface area contributed by atoms with E-state index in [1.807, 2.05) is 37.3 Å². The minimum absolute atomic E-state index is 0.0201. The number of ether oxygens (including phenoxy) is 1. The maximum Gasteiger partial charge on any atom is 0.338 e. The summed E-state index contributed by atoms with van der Waals surface area (Å²) >= 11 is 0. The van der Waals surface area contributed by atoms with Gasteiger partial charge in [0, 0.05) is 0 Å². The van der Waals surface area contributed by atoms with E-state index in [-0.39, 0.29) is 12.1 Å². The van der Waals surface area contributed by atoms with E-state index in [4.69, 9.17) is 10.00 Å². The molecule has 1 unspecified atom stereocenters. The first kappa shape index (κ1) is 21.9. The molecule has 1 saturated carbocycles. The summed E-state index contributed by atoms with van der Waals surface area (Å²) in [7, 11) is 0. The fourth-order valence-electron chi connectivity index (χ4n) is 3.88. The summed E-state index contributed by atoms with van der Waals surface area (Å²) in [4.78, 5) is 12.7. The molecule has 0 aliphatic heterocycles. The molecular formula is C24H30FNO2. The number of benzene rings is 1. The number of carbonyl (C=O) groups excluding carboxylic acids is 1. The maximum absolute atomic E-state index is 12.9. The van der Waals surface area contributed by atoms with Crippen molar-refractivity contribution in [1.82, 2.24) is 0 Å². The lowest BCUT2D eigenvalue weighted by molar-refractivity contribution is 0.0269. The molecule has 1 aromatic rings. The summed E-state index contributed by atoms with van der Waals surface area (Å²) in [5.41, 5.74) is 1.77. The molecule has 1 aliphatic rings. The van der Waals surface area contributed by atoms with Crippen LogP contribution in [-0.4, -0.2) is 12.1 Å². The van der Waals surface area contributed by atoms with Gasteiger partial charge in [0.1, 0.15) is 12.2 Å². The highest BCUT2D eigenvalue weighted by Crippen LogP contribution is 2.38. The molecule has 0 spiro atoms. The standard InChI is InChI=1S/C24H30FNO2/c1-3-8-21(4-2)28-24(27)23-12-6-5-11-22(23)19-15-13-18(14-16-19)9-7-10-20(25)17-26/h5-7,9-12,18-19,21H,3-4,8,13-16H2,1-2H3/b9-7+,20-10?. The van der Waals surface area contributed by atoms with Gasteiger partial charge >= 0.3 is 5.97 Å². The van der Waals surface area contributed by atoms with Crippen molar-refractivity contribution in [3.05, 3.63) is 59.4 Å². The van der Waals surface area contributed by atoms with Crippen LogP contribution in [0.25, 0.3) is 0 Å². The van der Waals surface area contributed by atoms with Gasteiger partial charge in [0.2, 0.25) is 0 Å². The Labute approximate surface area is 167 Å². The van der Waals surface area contributed by atoms with Gasteiger partial charge in [-0.2, -0.15) is 9.65 Å². The van der Waals surface area contributed by atoms with Gasteiger partial charge in [-0.15, -0.1) is 0 Å². The van der Waals surface area contributed by atoms with Gasteiger partial charge in [-0.25, -0.2) is 4.79 Å². The van der Waals surface area contributed by atoms with E-state index in [0.717, 1.165) is 50.5 Å². The predicted octanol–water partition coefficient (Wildman–Crippen LogP) is 6.63. The third-order valence-electron chi connectivity index (χ3n) is 5.46. The third-order valence-corrected chi connectivity index (χ3v) is 5.46. The molecule has 1 aliphatic carbocycles. The molecule has 1 aromatic carbocycles. The monoisotopic (exact) mass is 383 g/mol. The molecule has 0 bridgehead atoms. The number of nitrogens with zero attached hydrogens (tertiary/aromatic N) is 1. The van der Waals surface area contributed by atoms with Gasteiger partial charge in [0.25, 0.3) is 0 Å². The number of hydrogen-bond acceptors (Lipinski definition) is 3. The van der Waals surface area contributed by atoms with Crippen molar-refractivity contribution in [2.45, 2.75) is 70.8 Å². The van der Waals surface area contributed by atoms with Gasteiger partial charge in [-0.05, 0) is 68.1 Å². The van der Waals surface area contributed by atoms with Crippen molar-refractivity contribution in [2.24, 2.45) is 5.92 Å². The molecule has 0 heterocycles. The first-order chi connectivity index (χ1) is 13.6. The van der Waals surface area contributed by atoms with Crippen LogP contribution in [0.3, 0.4) is 0 Å². The predicted molar refractivity (Wildman–Crippen MR) is 109 cm³/mol. The first-order valence-electron chi connectivity index (χ1n) is 10.3. The summed E-state index contributed by atoms with van der Waals surface area (Å²) in [5.74, 6) is -0.265. The Balaban J connectivity index is 2.02. The molecular weight excluding hydrogens is 353 g/mol. The second kappa shape index (κ2) is 11.4. The Morgan fingerprint density at radius 2 is 2.00 bits per heavy atom. The highest BCUT2D eigenvalue weighted by Gasteiger charge is 2.25. The molecule has 0 radical (unpaired) electrons. The van der Waals surface area contributed by atoms with Crippen molar-refractivity contribution in [3.8, 4) is 6.07 Å². The van der Waals surface area contributed by atoms with Gasteiger partial charge in [-0.3, -0.25) is 0 Å². The highest BCUT2D eigenvalue weighted by atomic mass is 19.1. The largest absolute Gasteiger partial charge is 0.459 e. The highest BCUT2D eigenvalue weighted by molar-refractivity contribution is 5.91. The summed E-state index contributed by atoms with van der Waals surface area (Å²) < 4.78 is 18.6. The molecule has 0 aromatic heterocycles. The van der Waals surface area contributed by atoms with Gasteiger partial charge in [-0.1, -0.05) is 50.6 Å². The Bertz CT molecular complexity index is 739. The summed E-state index contributed by atoms with van der Waals surface area (Å²) in [6, 6.07) is 9.27. The number of allylic oxidation sites excluding steroid dienone is 4. The van der Waals surface area contributed by atoms with E-state index >= 15 is 0 Å². The summed E-state index contributed by atoms with van der Waals surface area (Å²) in [6.45, 7) is 4.15. The minimum atomic E-state index is -0.772. The van der Waals surface area contributed by atoms with Crippen molar-refractivity contribution in [1.29, 1.82) is 5.26 Å². The van der Waals surface area contributed by atoms with Crippen LogP contribution in [0.15, 0.2) is 48.3 Å². The molecule has 1 fully saturated rings. The van der Waals surface area contributed by atoms with Crippen LogP contribution >= 0.6 is 0 Å². The first-order valence-corrected chi connectivity index (χ1v) is 10.3. The minimum Gasteiger partial charge on any atom is -0.459 e. The second-order valence-corrected chi connectivity index (χ2v) is 7.43. The molecule has 3 nitrogen and oxygen atoms in total. The van der Waals surface area contributed by atoms with Gasteiger partial charge < -0.3 is 4.74 Å². The lowest BCUT2D eigenvalue weighted by Crippen LogP contribution is -2.20. The number of halogens is 1. The second-order valence-electron chi connectivity index (χ2n) is 7.43. The zero-order valence-corrected chi connectivity index (χ0v) is 16.9. The molecule has 0 N–H and O–H groups in total. The zero-order valence-electron chi connectivity index (χ0n) is 16.9. The van der Waals surface area contributed by atoms with Crippen LogP contribution in [0.4, 0.5) is 4.39 Å². The van der Waals surface area contributed by atoms with E-state index in [2.05, 4.69) is 6.92 Å². The molecule has 0 amide bonds. The Kier molecular flexibility index (Phi) is 8.94. The van der Waals surface area contributed by atoms with Crippen LogP contribution in [0.5, 0.6) is 0 Å². The van der Waals surface area contributed by atoms with Gasteiger partial charge in [0.15, 0.2) is 5.83 Å². The Morgan fingerprint density at radius 1 is 1.29 bits per heavy atom. The van der Waals surface area contributed by atoms with Crippen molar-refractivity contribution in [3.63, 3.8) is 0 Å². The normalized spacial score (nSPS) is 21.3. The topological polar surface area (TPSA) is 50.1 Å². The fraction of sp³-hybridized carbons (Fsp3) is 0.500. The molecule has 28 heavy (non-hydrogen) atoms. The van der Waals surface area contributed by atoms with Crippen LogP contribution in [0.2, 0.25) is 0 Å². The Morgan fingerprint density at radius 3 is 2.64 bits per heavy atom. The van der Waals surface area contributed by atoms with Crippen LogP contribution < -0.4 is 0 Å². The maximum atomic E-state index is 12.9. The summed E-state index contributed by atoms with van der Waals surface area (Å²) in [6.07, 6.45) is 11.5. The number of nitriles is 1. The number of rotatable bonds is 8. The number of carbonyl (C=O) groups is 1. The molecule has 0 saturated heterocycles. The average Bonchev–Trinajstić information content (AvgIpc) is 2.73. The van der Waals surface area contributed by atoms with Crippen molar-refractivity contribution >= 4 is 5.97 Å². The van der Waals surface area contributed by atoms with Crippen LogP contribution in [0, 0.1) is 17.2 Å². The van der Waals surface area contributed by atoms with Gasteiger partial charge in [0.05, 0.1) is 5.56 Å². The van der Waals surface area contributed by atoms with E-state index in [9.17, 15) is 9.18 Å². The summed E-state index contributed by atoms with van der Waals surface area (Å²) in [5, 5.41) is 8.44. The van der Waals surface area contributed by atoms with Crippen LogP contribution in [0.1, 0.15) is 80.6 Å². The Hall–Kier alpha value is -2.41. The van der Waals surface area contributed by atoms with E-state index in [1.54, 1.807) is 6.08 Å². The van der Waals surface area contributed by atoms with E-state index in [1.165, 1.54) is 12.1 Å². The number of hydrogen-bond donors (Lipinski definition) is 0. The number of esters is 1. The molecule has 1 atom stereocenters. The lowest BCUT2D eigenvalue weighted by Gasteiger charge is -2.28. The quantitative estimate of drug-likeness (QED) is 0.288. The average molecular weight is 384 g/mol. The SMILES string of the molecule is CCCC(CC)OC(=O)c1ccccc1C1CCC(/C=C/C=C(F)C#N)CC1. The lowest BCUT2D eigenvalue weighted by atomic mass is 9.77. The van der Waals surface area contributed by atoms with Crippen molar-refractivity contribution in [2.75, 3.05) is 0 Å². The van der Waals surface area contributed by atoms with E-state index in [0.29, 0.717) is 17.4 Å². The van der Waals surface area contributed by atoms with E-state index < -0.39 is 5.83 Å².